The molecule has 0 radical (unpaired) electrons. The first kappa shape index (κ1) is 14.2. The van der Waals surface area contributed by atoms with E-state index in [1.165, 1.54) is 11.1 Å². The number of carbonyl (C=O) groups excluding carboxylic acids is 1. The zero-order valence-corrected chi connectivity index (χ0v) is 11.3. The molecule has 0 fully saturated rings. The minimum absolute atomic E-state index is 0.0145. The Labute approximate surface area is 109 Å². The summed E-state index contributed by atoms with van der Waals surface area (Å²) in [6.45, 7) is 3.96. The van der Waals surface area contributed by atoms with Crippen LogP contribution in [0, 0.1) is 18.3 Å². The van der Waals surface area contributed by atoms with Crippen LogP contribution < -0.4 is 0 Å². The zero-order chi connectivity index (χ0) is 13.5. The Kier molecular flexibility index (Phi) is 5.38. The second-order valence-electron chi connectivity index (χ2n) is 4.64. The molecule has 96 valence electrons. The maximum Gasteiger partial charge on any atom is 0.222 e. The first-order valence-corrected chi connectivity index (χ1v) is 6.23. The van der Waals surface area contributed by atoms with E-state index >= 15 is 0 Å². The van der Waals surface area contributed by atoms with Crippen LogP contribution in [0.3, 0.4) is 0 Å². The highest BCUT2D eigenvalue weighted by Gasteiger charge is 2.15. The van der Waals surface area contributed by atoms with E-state index in [1.54, 1.807) is 11.9 Å². The lowest BCUT2D eigenvalue weighted by atomic mass is 10.0. The van der Waals surface area contributed by atoms with E-state index in [9.17, 15) is 4.79 Å². The summed E-state index contributed by atoms with van der Waals surface area (Å²) < 4.78 is 0. The van der Waals surface area contributed by atoms with Gasteiger partial charge in [-0.1, -0.05) is 24.3 Å². The average molecular weight is 244 g/mol. The fraction of sp³-hybridized carbons (Fsp3) is 0.467. The molecular formula is C15H20N2O. The molecule has 0 aliphatic carbocycles. The van der Waals surface area contributed by atoms with E-state index in [0.717, 1.165) is 6.42 Å². The van der Waals surface area contributed by atoms with E-state index in [1.807, 2.05) is 19.1 Å². The van der Waals surface area contributed by atoms with Crippen molar-refractivity contribution in [2.24, 2.45) is 0 Å². The second kappa shape index (κ2) is 6.80. The van der Waals surface area contributed by atoms with Crippen molar-refractivity contribution in [3.05, 3.63) is 35.4 Å². The van der Waals surface area contributed by atoms with Crippen molar-refractivity contribution in [3.63, 3.8) is 0 Å². The van der Waals surface area contributed by atoms with Crippen LogP contribution in [0.1, 0.15) is 30.9 Å². The smallest absolute Gasteiger partial charge is 0.222 e. The van der Waals surface area contributed by atoms with Gasteiger partial charge in [0.25, 0.3) is 0 Å². The van der Waals surface area contributed by atoms with Gasteiger partial charge in [-0.25, -0.2) is 0 Å². The van der Waals surface area contributed by atoms with Gasteiger partial charge in [0.1, 0.15) is 0 Å². The molecule has 0 aromatic heterocycles. The van der Waals surface area contributed by atoms with Crippen LogP contribution in [-0.4, -0.2) is 23.9 Å². The number of nitriles is 1. The maximum absolute atomic E-state index is 12.0. The van der Waals surface area contributed by atoms with E-state index in [2.05, 4.69) is 25.1 Å². The summed E-state index contributed by atoms with van der Waals surface area (Å²) >= 11 is 0. The molecular weight excluding hydrogens is 224 g/mol. The molecule has 0 heterocycles. The monoisotopic (exact) mass is 244 g/mol. The molecule has 1 aromatic rings. The highest BCUT2D eigenvalue weighted by atomic mass is 16.2. The van der Waals surface area contributed by atoms with Crippen LogP contribution in [0.4, 0.5) is 0 Å². The largest absolute Gasteiger partial charge is 0.342 e. The summed E-state index contributed by atoms with van der Waals surface area (Å²) in [5, 5.41) is 8.62. The summed E-state index contributed by atoms with van der Waals surface area (Å²) in [4.78, 5) is 13.6. The third-order valence-electron chi connectivity index (χ3n) is 3.31. The molecule has 3 nitrogen and oxygen atoms in total. The van der Waals surface area contributed by atoms with Crippen LogP contribution in [0.15, 0.2) is 24.3 Å². The molecule has 1 atom stereocenters. The van der Waals surface area contributed by atoms with E-state index in [0.29, 0.717) is 12.8 Å². The highest BCUT2D eigenvalue weighted by molar-refractivity contribution is 5.76. The predicted molar refractivity (Wildman–Crippen MR) is 72.0 cm³/mol. The molecule has 1 aromatic carbocycles. The average Bonchev–Trinajstić information content (AvgIpc) is 2.36. The van der Waals surface area contributed by atoms with Crippen molar-refractivity contribution < 1.29 is 4.79 Å². The summed E-state index contributed by atoms with van der Waals surface area (Å²) in [6, 6.07) is 10.2. The number of benzene rings is 1. The number of hydrogen-bond donors (Lipinski definition) is 0. The molecule has 1 unspecified atom stereocenters. The fourth-order valence-electron chi connectivity index (χ4n) is 1.82. The molecule has 3 heteroatoms. The third kappa shape index (κ3) is 3.89. The number of aryl methyl sites for hydroxylation is 2. The summed E-state index contributed by atoms with van der Waals surface area (Å²) in [5.41, 5.74) is 2.44. The molecule has 18 heavy (non-hydrogen) atoms. The van der Waals surface area contributed by atoms with Gasteiger partial charge in [0.05, 0.1) is 12.5 Å². The van der Waals surface area contributed by atoms with E-state index < -0.39 is 0 Å². The van der Waals surface area contributed by atoms with Gasteiger partial charge in [-0.05, 0) is 31.4 Å². The third-order valence-corrected chi connectivity index (χ3v) is 3.31. The van der Waals surface area contributed by atoms with Gasteiger partial charge in [0.15, 0.2) is 0 Å². The lowest BCUT2D eigenvalue weighted by Gasteiger charge is -2.23. The maximum atomic E-state index is 12.0. The molecule has 0 aliphatic rings. The Morgan fingerprint density at radius 1 is 1.44 bits per heavy atom. The second-order valence-corrected chi connectivity index (χ2v) is 4.64. The topological polar surface area (TPSA) is 44.1 Å². The Bertz CT molecular complexity index is 448. The number of rotatable bonds is 5. The number of amides is 1. The number of nitrogens with zero attached hydrogens (tertiary/aromatic N) is 2. The van der Waals surface area contributed by atoms with Crippen molar-refractivity contribution in [1.29, 1.82) is 5.26 Å². The van der Waals surface area contributed by atoms with Gasteiger partial charge in [-0.2, -0.15) is 5.26 Å². The Morgan fingerprint density at radius 3 is 2.72 bits per heavy atom. The first-order valence-electron chi connectivity index (χ1n) is 6.23. The SMILES string of the molecule is Cc1ccccc1CCC(=O)N(C)C(C)CC#N. The fourth-order valence-corrected chi connectivity index (χ4v) is 1.82. The van der Waals surface area contributed by atoms with E-state index in [-0.39, 0.29) is 11.9 Å². The molecule has 0 bridgehead atoms. The standard InChI is InChI=1S/C15H20N2O/c1-12-6-4-5-7-14(12)8-9-15(18)17(3)13(2)10-11-16/h4-7,13H,8-10H2,1-3H3. The van der Waals surface area contributed by atoms with Crippen LogP contribution >= 0.6 is 0 Å². The molecule has 0 spiro atoms. The van der Waals surface area contributed by atoms with Crippen LogP contribution in [0.25, 0.3) is 0 Å². The van der Waals surface area contributed by atoms with Crippen molar-refractivity contribution in [1.82, 2.24) is 4.90 Å². The van der Waals surface area contributed by atoms with Crippen molar-refractivity contribution in [2.45, 2.75) is 39.2 Å². The first-order chi connectivity index (χ1) is 8.56. The van der Waals surface area contributed by atoms with Crippen molar-refractivity contribution in [2.75, 3.05) is 7.05 Å². The molecule has 0 saturated carbocycles. The lowest BCUT2D eigenvalue weighted by Crippen LogP contribution is -2.34. The Hall–Kier alpha value is -1.82. The molecule has 0 saturated heterocycles. The summed E-state index contributed by atoms with van der Waals surface area (Å²) in [6.07, 6.45) is 1.64. The molecule has 0 aliphatic heterocycles. The predicted octanol–water partition coefficient (Wildman–Crippen LogP) is 2.69. The normalized spacial score (nSPS) is 11.7. The minimum atomic E-state index is -0.0145. The van der Waals surface area contributed by atoms with Crippen molar-refractivity contribution in [3.8, 4) is 6.07 Å². The van der Waals surface area contributed by atoms with Gasteiger partial charge < -0.3 is 4.90 Å². The summed E-state index contributed by atoms with van der Waals surface area (Å²) in [7, 11) is 1.77. The van der Waals surface area contributed by atoms with Crippen LogP contribution in [-0.2, 0) is 11.2 Å². The van der Waals surface area contributed by atoms with E-state index in [4.69, 9.17) is 5.26 Å². The molecule has 1 rings (SSSR count). The Morgan fingerprint density at radius 2 is 2.11 bits per heavy atom. The minimum Gasteiger partial charge on any atom is -0.342 e. The molecule has 0 N–H and O–H groups in total. The van der Waals surface area contributed by atoms with Gasteiger partial charge >= 0.3 is 0 Å². The number of carbonyl (C=O) groups is 1. The van der Waals surface area contributed by atoms with Crippen LogP contribution in [0.5, 0.6) is 0 Å². The quantitative estimate of drug-likeness (QED) is 0.799. The lowest BCUT2D eigenvalue weighted by molar-refractivity contribution is -0.131. The van der Waals surface area contributed by atoms with Crippen molar-refractivity contribution >= 4 is 5.91 Å². The molecule has 1 amide bonds. The van der Waals surface area contributed by atoms with Gasteiger partial charge in [-0.15, -0.1) is 0 Å². The van der Waals surface area contributed by atoms with Crippen LogP contribution in [0.2, 0.25) is 0 Å². The summed E-state index contributed by atoms with van der Waals surface area (Å²) in [5.74, 6) is 0.0982. The number of hydrogen-bond acceptors (Lipinski definition) is 2. The highest BCUT2D eigenvalue weighted by Crippen LogP contribution is 2.11. The van der Waals surface area contributed by atoms with Gasteiger partial charge in [-0.3, -0.25) is 4.79 Å². The van der Waals surface area contributed by atoms with Gasteiger partial charge in [0, 0.05) is 19.5 Å². The Balaban J connectivity index is 2.52. The van der Waals surface area contributed by atoms with Gasteiger partial charge in [0.2, 0.25) is 5.91 Å². The zero-order valence-electron chi connectivity index (χ0n) is 11.3.